The molecular formula is C23H25NO7. The van der Waals surface area contributed by atoms with Crippen LogP contribution < -0.4 is 19.5 Å². The van der Waals surface area contributed by atoms with Crippen molar-refractivity contribution in [3.8, 4) is 17.2 Å². The highest BCUT2D eigenvalue weighted by atomic mass is 16.6. The summed E-state index contributed by atoms with van der Waals surface area (Å²) < 4.78 is 23.2. The molecule has 3 unspecified atom stereocenters. The quantitative estimate of drug-likeness (QED) is 0.581. The molecule has 0 spiro atoms. The van der Waals surface area contributed by atoms with E-state index >= 15 is 0 Å². The first-order valence-corrected chi connectivity index (χ1v) is 10.4. The summed E-state index contributed by atoms with van der Waals surface area (Å²) in [5, 5.41) is 23.8. The Kier molecular flexibility index (Phi) is 4.91. The standard InChI is InChI=1S/C23H25NO7/c1-28-15-11-14(29-10-6-5-9-25)12-16-18(15)23(27)20(30-16)17(13-7-3-2-4-8-13)19-21(23)31-22(26)24-19/h2-4,7-8,11-12,17,19-21,25,27H,5-6,9-10H2,1H3,(H,24,26)/t17-,19?,20?,21?,23-/m1/s1. The molecule has 1 saturated carbocycles. The molecule has 2 aromatic carbocycles. The summed E-state index contributed by atoms with van der Waals surface area (Å²) >= 11 is 0. The number of benzene rings is 2. The van der Waals surface area contributed by atoms with Crippen LogP contribution in [0.2, 0.25) is 0 Å². The Hall–Kier alpha value is -2.97. The number of aliphatic hydroxyl groups is 2. The molecule has 31 heavy (non-hydrogen) atoms. The molecule has 0 bridgehead atoms. The third-order valence-electron chi connectivity index (χ3n) is 6.34. The van der Waals surface area contributed by atoms with Gasteiger partial charge in [0.2, 0.25) is 0 Å². The van der Waals surface area contributed by atoms with Crippen molar-refractivity contribution in [3.63, 3.8) is 0 Å². The van der Waals surface area contributed by atoms with Gasteiger partial charge in [0, 0.05) is 24.7 Å². The Morgan fingerprint density at radius 3 is 2.68 bits per heavy atom. The fourth-order valence-corrected chi connectivity index (χ4v) is 5.04. The SMILES string of the molecule is COc1cc(OCCCCO)cc2c1[C@]1(O)C3OC(=O)NC3[C@@H](c3ccccc3)C1O2. The Labute approximate surface area is 179 Å². The topological polar surface area (TPSA) is 106 Å². The van der Waals surface area contributed by atoms with Gasteiger partial charge in [0.15, 0.2) is 11.7 Å². The first-order valence-electron chi connectivity index (χ1n) is 10.4. The molecule has 0 aromatic heterocycles. The molecule has 5 rings (SSSR count). The van der Waals surface area contributed by atoms with Crippen LogP contribution in [0.5, 0.6) is 17.2 Å². The molecule has 2 aliphatic heterocycles. The maximum absolute atomic E-state index is 12.1. The predicted molar refractivity (Wildman–Crippen MR) is 109 cm³/mol. The highest BCUT2D eigenvalue weighted by Gasteiger charge is 2.71. The van der Waals surface area contributed by atoms with Crippen LogP contribution in [0.4, 0.5) is 4.79 Å². The zero-order valence-corrected chi connectivity index (χ0v) is 17.1. The second kappa shape index (κ2) is 7.62. The number of amides is 1. The van der Waals surface area contributed by atoms with Crippen LogP contribution >= 0.6 is 0 Å². The number of ether oxygens (including phenoxy) is 4. The van der Waals surface area contributed by atoms with E-state index in [0.29, 0.717) is 42.3 Å². The number of fused-ring (bicyclic) bond motifs is 5. The number of carbonyl (C=O) groups is 1. The minimum atomic E-state index is -1.57. The number of hydrogen-bond acceptors (Lipinski definition) is 7. The van der Waals surface area contributed by atoms with Crippen molar-refractivity contribution in [1.29, 1.82) is 0 Å². The molecule has 2 heterocycles. The van der Waals surface area contributed by atoms with E-state index < -0.39 is 29.9 Å². The number of alkyl carbamates (subject to hydrolysis) is 1. The molecule has 0 radical (unpaired) electrons. The van der Waals surface area contributed by atoms with Crippen LogP contribution in [-0.4, -0.2) is 54.9 Å². The van der Waals surface area contributed by atoms with E-state index in [-0.39, 0.29) is 12.5 Å². The number of nitrogens with one attached hydrogen (secondary N) is 1. The number of carbonyl (C=O) groups excluding carboxylic acids is 1. The summed E-state index contributed by atoms with van der Waals surface area (Å²) in [6, 6.07) is 12.7. The fourth-order valence-electron chi connectivity index (χ4n) is 5.04. The van der Waals surface area contributed by atoms with Crippen molar-refractivity contribution >= 4 is 6.09 Å². The molecule has 8 heteroatoms. The second-order valence-electron chi connectivity index (χ2n) is 8.07. The lowest BCUT2D eigenvalue weighted by atomic mass is 9.86. The van der Waals surface area contributed by atoms with Gasteiger partial charge in [-0.15, -0.1) is 0 Å². The lowest BCUT2D eigenvalue weighted by Crippen LogP contribution is -2.44. The largest absolute Gasteiger partial charge is 0.496 e. The summed E-state index contributed by atoms with van der Waals surface area (Å²) in [6.07, 6.45) is -0.675. The summed E-state index contributed by atoms with van der Waals surface area (Å²) in [6.45, 7) is 0.556. The highest BCUT2D eigenvalue weighted by Crippen LogP contribution is 2.60. The van der Waals surface area contributed by atoms with Gasteiger partial charge in [0.25, 0.3) is 0 Å². The number of methoxy groups -OCH3 is 1. The van der Waals surface area contributed by atoms with Crippen LogP contribution in [0.15, 0.2) is 42.5 Å². The van der Waals surface area contributed by atoms with E-state index in [0.717, 1.165) is 5.56 Å². The molecular weight excluding hydrogens is 402 g/mol. The van der Waals surface area contributed by atoms with Crippen molar-refractivity contribution in [2.24, 2.45) is 0 Å². The highest BCUT2D eigenvalue weighted by molar-refractivity contribution is 5.73. The third-order valence-corrected chi connectivity index (χ3v) is 6.34. The smallest absolute Gasteiger partial charge is 0.407 e. The maximum Gasteiger partial charge on any atom is 0.407 e. The van der Waals surface area contributed by atoms with E-state index in [4.69, 9.17) is 24.1 Å². The monoisotopic (exact) mass is 427 g/mol. The van der Waals surface area contributed by atoms with Gasteiger partial charge in [0.05, 0.1) is 25.3 Å². The Morgan fingerprint density at radius 1 is 1.13 bits per heavy atom. The minimum Gasteiger partial charge on any atom is -0.496 e. The van der Waals surface area contributed by atoms with Gasteiger partial charge in [-0.25, -0.2) is 4.79 Å². The van der Waals surface area contributed by atoms with Gasteiger partial charge in [-0.2, -0.15) is 0 Å². The number of unbranched alkanes of at least 4 members (excludes halogenated alkanes) is 1. The normalized spacial score (nSPS) is 30.0. The summed E-state index contributed by atoms with van der Waals surface area (Å²) in [7, 11) is 1.52. The van der Waals surface area contributed by atoms with Crippen molar-refractivity contribution in [3.05, 3.63) is 53.6 Å². The Bertz CT molecular complexity index is 981. The van der Waals surface area contributed by atoms with Crippen LogP contribution in [0.25, 0.3) is 0 Å². The molecule has 1 aliphatic carbocycles. The number of hydrogen-bond donors (Lipinski definition) is 3. The van der Waals surface area contributed by atoms with Gasteiger partial charge in [-0.3, -0.25) is 0 Å². The molecule has 8 nitrogen and oxygen atoms in total. The van der Waals surface area contributed by atoms with Crippen molar-refractivity contribution in [1.82, 2.24) is 5.32 Å². The average molecular weight is 427 g/mol. The molecule has 2 fully saturated rings. The zero-order valence-electron chi connectivity index (χ0n) is 17.1. The van der Waals surface area contributed by atoms with Crippen LogP contribution in [0.1, 0.15) is 29.9 Å². The molecule has 3 N–H and O–H groups in total. The fraction of sp³-hybridized carbons (Fsp3) is 0.435. The van der Waals surface area contributed by atoms with Crippen LogP contribution in [0.3, 0.4) is 0 Å². The first-order chi connectivity index (χ1) is 15.1. The van der Waals surface area contributed by atoms with E-state index in [2.05, 4.69) is 5.32 Å². The summed E-state index contributed by atoms with van der Waals surface area (Å²) in [5.74, 6) is 1.10. The second-order valence-corrected chi connectivity index (χ2v) is 8.07. The molecule has 3 aliphatic rings. The first kappa shape index (κ1) is 20.0. The van der Waals surface area contributed by atoms with Crippen molar-refractivity contribution in [2.75, 3.05) is 20.3 Å². The van der Waals surface area contributed by atoms with Crippen LogP contribution in [0, 0.1) is 0 Å². The average Bonchev–Trinajstić information content (AvgIpc) is 3.36. The van der Waals surface area contributed by atoms with Gasteiger partial charge in [-0.05, 0) is 18.4 Å². The molecule has 1 saturated heterocycles. The van der Waals surface area contributed by atoms with E-state index in [9.17, 15) is 9.90 Å². The Balaban J connectivity index is 1.55. The van der Waals surface area contributed by atoms with Crippen LogP contribution in [-0.2, 0) is 10.3 Å². The molecule has 5 atom stereocenters. The predicted octanol–water partition coefficient (Wildman–Crippen LogP) is 2.07. The lowest BCUT2D eigenvalue weighted by Gasteiger charge is -2.28. The molecule has 164 valence electrons. The number of aliphatic hydroxyl groups excluding tert-OH is 1. The summed E-state index contributed by atoms with van der Waals surface area (Å²) in [5.41, 5.74) is -0.162. The molecule has 1 amide bonds. The van der Waals surface area contributed by atoms with E-state index in [1.807, 2.05) is 30.3 Å². The van der Waals surface area contributed by atoms with Gasteiger partial charge in [0.1, 0.15) is 23.4 Å². The van der Waals surface area contributed by atoms with Gasteiger partial charge >= 0.3 is 6.09 Å². The zero-order chi connectivity index (χ0) is 21.6. The van der Waals surface area contributed by atoms with Crippen molar-refractivity contribution < 1.29 is 34.0 Å². The summed E-state index contributed by atoms with van der Waals surface area (Å²) in [4.78, 5) is 12.1. The van der Waals surface area contributed by atoms with E-state index in [1.165, 1.54) is 7.11 Å². The van der Waals surface area contributed by atoms with E-state index in [1.54, 1.807) is 12.1 Å². The van der Waals surface area contributed by atoms with Gasteiger partial charge < -0.3 is 34.5 Å². The van der Waals surface area contributed by atoms with Gasteiger partial charge in [-0.1, -0.05) is 30.3 Å². The third kappa shape index (κ3) is 3.01. The van der Waals surface area contributed by atoms with Crippen molar-refractivity contribution in [2.45, 2.75) is 42.6 Å². The molecule has 2 aromatic rings. The minimum absolute atomic E-state index is 0.116. The maximum atomic E-state index is 12.1. The number of rotatable bonds is 7. The lowest BCUT2D eigenvalue weighted by molar-refractivity contribution is -0.0881. The Morgan fingerprint density at radius 2 is 1.94 bits per heavy atom.